The van der Waals surface area contributed by atoms with Gasteiger partial charge in [-0.15, -0.1) is 4.65 Å². The Morgan fingerprint density at radius 1 is 1.00 bits per heavy atom. The number of aromatic nitrogens is 2. The fourth-order valence-electron chi connectivity index (χ4n) is 5.26. The highest BCUT2D eigenvalue weighted by molar-refractivity contribution is 7.90. The highest BCUT2D eigenvalue weighted by Gasteiger charge is 2.38. The molecule has 3 N–H and O–H groups in total. The number of benzene rings is 2. The monoisotopic (exact) mass is 581 g/mol. The maximum Gasteiger partial charge on any atom is 0.229 e. The molecule has 2 aromatic carbocycles. The second-order valence-electron chi connectivity index (χ2n) is 10.8. The van der Waals surface area contributed by atoms with Gasteiger partial charge in [0.25, 0.3) is 0 Å². The van der Waals surface area contributed by atoms with Crippen LogP contribution in [0.15, 0.2) is 42.6 Å². The number of aryl methyl sites for hydroxylation is 2. The second-order valence-corrected chi connectivity index (χ2v) is 12.9. The minimum absolute atomic E-state index is 0.195. The molecule has 2 aliphatic rings. The standard InChI is InChI=1S/C30H41N6O4S/c1-5-40-36(16-18-39-19-17-36)27-13-6-21(2)28(23(27)4)34-30-31-20-22(3)29(35-30)33-25-9-7-24(8-10-25)14-15-32-41(37,38)26-11-12-26/h6-10,13,20,26,32H,5,11-12,14-19H2,1-4H3,(H2,31,33,34,35)/q+1. The molecule has 3 aromatic rings. The van der Waals surface area contributed by atoms with Gasteiger partial charge in [0, 0.05) is 35.6 Å². The van der Waals surface area contributed by atoms with Crippen LogP contribution in [0, 0.1) is 20.8 Å². The van der Waals surface area contributed by atoms with Crippen LogP contribution in [0.5, 0.6) is 0 Å². The molecule has 1 aliphatic carbocycles. The molecule has 11 heteroatoms. The van der Waals surface area contributed by atoms with E-state index in [1.54, 1.807) is 0 Å². The average Bonchev–Trinajstić information content (AvgIpc) is 3.81. The van der Waals surface area contributed by atoms with E-state index in [1.165, 1.54) is 0 Å². The summed E-state index contributed by atoms with van der Waals surface area (Å²) in [6.45, 7) is 12.1. The Morgan fingerprint density at radius 3 is 2.41 bits per heavy atom. The fourth-order valence-corrected chi connectivity index (χ4v) is 6.64. The number of nitrogens with one attached hydrogen (secondary N) is 3. The Kier molecular flexibility index (Phi) is 8.91. The van der Waals surface area contributed by atoms with Gasteiger partial charge in [0.05, 0.1) is 24.2 Å². The summed E-state index contributed by atoms with van der Waals surface area (Å²) in [5, 5.41) is 6.68. The molecule has 220 valence electrons. The average molecular weight is 582 g/mol. The molecule has 2 heterocycles. The van der Waals surface area contributed by atoms with Gasteiger partial charge in [-0.2, -0.15) is 9.82 Å². The van der Waals surface area contributed by atoms with Crippen LogP contribution >= 0.6 is 0 Å². The molecule has 41 heavy (non-hydrogen) atoms. The highest BCUT2D eigenvalue weighted by atomic mass is 32.2. The van der Waals surface area contributed by atoms with Crippen molar-refractivity contribution in [2.75, 3.05) is 50.1 Å². The second kappa shape index (κ2) is 12.4. The van der Waals surface area contributed by atoms with Crippen molar-refractivity contribution in [3.8, 4) is 0 Å². The van der Waals surface area contributed by atoms with Crippen LogP contribution < -0.4 is 20.0 Å². The SMILES string of the molecule is CCO[N+]1(c2ccc(C)c(Nc3ncc(C)c(Nc4ccc(CCNS(=O)(=O)C5CC5)cc4)n3)c2C)CCOCC1. The molecule has 1 aromatic heterocycles. The summed E-state index contributed by atoms with van der Waals surface area (Å²) in [4.78, 5) is 15.7. The molecule has 1 saturated heterocycles. The molecule has 0 atom stereocenters. The number of anilines is 4. The van der Waals surface area contributed by atoms with E-state index in [-0.39, 0.29) is 5.25 Å². The summed E-state index contributed by atoms with van der Waals surface area (Å²) in [5.41, 5.74) is 7.18. The van der Waals surface area contributed by atoms with Gasteiger partial charge in [-0.3, -0.25) is 0 Å². The minimum Gasteiger partial charge on any atom is -0.369 e. The summed E-state index contributed by atoms with van der Waals surface area (Å²) < 4.78 is 32.9. The van der Waals surface area contributed by atoms with Crippen LogP contribution in [-0.4, -0.2) is 63.1 Å². The lowest BCUT2D eigenvalue weighted by Crippen LogP contribution is -2.56. The number of quaternary nitrogens is 1. The molecule has 0 bridgehead atoms. The van der Waals surface area contributed by atoms with Gasteiger partial charge < -0.3 is 15.4 Å². The summed E-state index contributed by atoms with van der Waals surface area (Å²) in [7, 11) is -3.15. The van der Waals surface area contributed by atoms with Crippen molar-refractivity contribution < 1.29 is 18.0 Å². The van der Waals surface area contributed by atoms with Crippen LogP contribution in [0.1, 0.15) is 42.0 Å². The van der Waals surface area contributed by atoms with Crippen molar-refractivity contribution in [2.45, 2.75) is 52.2 Å². The van der Waals surface area contributed by atoms with Gasteiger partial charge in [0.1, 0.15) is 25.5 Å². The number of sulfonamides is 1. The van der Waals surface area contributed by atoms with Gasteiger partial charge in [0.15, 0.2) is 5.69 Å². The molecule has 1 aliphatic heterocycles. The van der Waals surface area contributed by atoms with Gasteiger partial charge in [-0.1, -0.05) is 18.2 Å². The largest absolute Gasteiger partial charge is 0.369 e. The van der Waals surface area contributed by atoms with Crippen LogP contribution in [-0.2, 0) is 26.0 Å². The van der Waals surface area contributed by atoms with Crippen molar-refractivity contribution in [1.82, 2.24) is 19.3 Å². The van der Waals surface area contributed by atoms with E-state index in [0.717, 1.165) is 65.2 Å². The lowest BCUT2D eigenvalue weighted by molar-refractivity contribution is -0.179. The van der Waals surface area contributed by atoms with Crippen molar-refractivity contribution in [2.24, 2.45) is 0 Å². The molecule has 1 saturated carbocycles. The number of hydroxylamine groups is 2. The maximum absolute atomic E-state index is 12.0. The Bertz CT molecular complexity index is 1460. The van der Waals surface area contributed by atoms with E-state index in [1.807, 2.05) is 44.3 Å². The van der Waals surface area contributed by atoms with Crippen molar-refractivity contribution in [3.05, 3.63) is 64.8 Å². The van der Waals surface area contributed by atoms with E-state index in [9.17, 15) is 8.42 Å². The number of hydrogen-bond acceptors (Lipinski definition) is 8. The van der Waals surface area contributed by atoms with Gasteiger partial charge in [-0.05, 0) is 70.2 Å². The zero-order chi connectivity index (χ0) is 29.0. The summed E-state index contributed by atoms with van der Waals surface area (Å²) in [6, 6.07) is 12.2. The smallest absolute Gasteiger partial charge is 0.229 e. The van der Waals surface area contributed by atoms with Crippen molar-refractivity contribution in [1.29, 1.82) is 0 Å². The van der Waals surface area contributed by atoms with Crippen molar-refractivity contribution in [3.63, 3.8) is 0 Å². The zero-order valence-electron chi connectivity index (χ0n) is 24.4. The molecule has 2 fully saturated rings. The third-order valence-corrected chi connectivity index (χ3v) is 9.71. The zero-order valence-corrected chi connectivity index (χ0v) is 25.2. The molecule has 0 amide bonds. The topological polar surface area (TPSA) is 114 Å². The first-order valence-corrected chi connectivity index (χ1v) is 15.9. The molecular weight excluding hydrogens is 540 g/mol. The lowest BCUT2D eigenvalue weighted by Gasteiger charge is -2.38. The summed E-state index contributed by atoms with van der Waals surface area (Å²) >= 11 is 0. The maximum atomic E-state index is 12.0. The molecule has 0 radical (unpaired) electrons. The summed E-state index contributed by atoms with van der Waals surface area (Å²) in [6.07, 6.45) is 3.99. The normalized spacial score (nSPS) is 16.9. The third kappa shape index (κ3) is 6.87. The number of morpholine rings is 1. The molecule has 10 nitrogen and oxygen atoms in total. The molecule has 0 spiro atoms. The van der Waals surface area contributed by atoms with Crippen LogP contribution in [0.2, 0.25) is 0 Å². The number of nitrogens with zero attached hydrogens (tertiary/aromatic N) is 3. The molecular formula is C30H41N6O4S+. The predicted molar refractivity (Wildman–Crippen MR) is 163 cm³/mol. The van der Waals surface area contributed by atoms with Crippen LogP contribution in [0.4, 0.5) is 28.8 Å². The van der Waals surface area contributed by atoms with E-state index in [0.29, 0.717) is 49.2 Å². The lowest BCUT2D eigenvalue weighted by atomic mass is 10.1. The fraction of sp³-hybridized carbons (Fsp3) is 0.467. The quantitative estimate of drug-likeness (QED) is 0.261. The number of rotatable bonds is 12. The van der Waals surface area contributed by atoms with E-state index in [4.69, 9.17) is 14.6 Å². The van der Waals surface area contributed by atoms with Gasteiger partial charge in [0.2, 0.25) is 16.0 Å². The van der Waals surface area contributed by atoms with Gasteiger partial charge >= 0.3 is 0 Å². The summed E-state index contributed by atoms with van der Waals surface area (Å²) in [5.74, 6) is 1.22. The van der Waals surface area contributed by atoms with Gasteiger partial charge in [-0.25, -0.2) is 18.1 Å². The number of hydrogen-bond donors (Lipinski definition) is 3. The van der Waals surface area contributed by atoms with Crippen LogP contribution in [0.25, 0.3) is 0 Å². The van der Waals surface area contributed by atoms with Crippen molar-refractivity contribution >= 4 is 38.9 Å². The Labute approximate surface area is 243 Å². The number of ether oxygens (including phenoxy) is 1. The van der Waals surface area contributed by atoms with E-state index >= 15 is 0 Å². The third-order valence-electron chi connectivity index (χ3n) is 7.76. The first kappa shape index (κ1) is 29.4. The van der Waals surface area contributed by atoms with E-state index in [2.05, 4.69) is 46.3 Å². The van der Waals surface area contributed by atoms with E-state index < -0.39 is 10.0 Å². The molecule has 5 rings (SSSR count). The van der Waals surface area contributed by atoms with Crippen LogP contribution in [0.3, 0.4) is 0 Å². The first-order valence-electron chi connectivity index (χ1n) is 14.4. The highest BCUT2D eigenvalue weighted by Crippen LogP contribution is 2.36. The Morgan fingerprint density at radius 2 is 1.73 bits per heavy atom. The Balaban J connectivity index is 1.29. The Hall–Kier alpha value is -3.09. The predicted octanol–water partition coefficient (Wildman–Crippen LogP) is 4.80. The first-order chi connectivity index (χ1) is 19.7. The molecule has 0 unspecified atom stereocenters. The minimum atomic E-state index is -3.15.